The van der Waals surface area contributed by atoms with Crippen LogP contribution in [0.15, 0.2) is 6.07 Å². The molecule has 1 aromatic heterocycles. The Labute approximate surface area is 79.7 Å². The second-order valence-corrected chi connectivity index (χ2v) is 2.60. The lowest BCUT2D eigenvalue weighted by molar-refractivity contribution is -0.141. The average molecular weight is 230 g/mol. The van der Waals surface area contributed by atoms with Gasteiger partial charge in [-0.2, -0.15) is 17.6 Å². The molecule has 2 N–H and O–H groups in total. The van der Waals surface area contributed by atoms with E-state index in [9.17, 15) is 26.3 Å². The van der Waals surface area contributed by atoms with Gasteiger partial charge in [-0.1, -0.05) is 0 Å². The van der Waals surface area contributed by atoms with Crippen LogP contribution in [0.25, 0.3) is 0 Å². The maximum absolute atomic E-state index is 12.7. The Balaban J connectivity index is 3.32. The van der Waals surface area contributed by atoms with Crippen LogP contribution in [0.2, 0.25) is 0 Å². The van der Waals surface area contributed by atoms with E-state index in [4.69, 9.17) is 5.73 Å². The minimum absolute atomic E-state index is 0.171. The largest absolute Gasteiger partial charge is 0.433 e. The molecule has 15 heavy (non-hydrogen) atoms. The van der Waals surface area contributed by atoms with E-state index in [1.807, 2.05) is 0 Å². The van der Waals surface area contributed by atoms with Crippen molar-refractivity contribution in [3.05, 3.63) is 23.3 Å². The van der Waals surface area contributed by atoms with Crippen LogP contribution in [-0.2, 0) is 6.18 Å². The Morgan fingerprint density at radius 3 is 2.13 bits per heavy atom. The Morgan fingerprint density at radius 1 is 1.27 bits per heavy atom. The number of hydrogen-bond donors (Lipinski definition) is 1. The lowest BCUT2D eigenvalue weighted by Crippen LogP contribution is -2.12. The first-order valence-electron chi connectivity index (χ1n) is 3.54. The summed E-state index contributed by atoms with van der Waals surface area (Å²) >= 11 is 0. The first-order valence-corrected chi connectivity index (χ1v) is 3.54. The van der Waals surface area contributed by atoms with Crippen molar-refractivity contribution in [1.29, 1.82) is 0 Å². The van der Waals surface area contributed by atoms with E-state index >= 15 is 0 Å². The number of nitrogens with two attached hydrogens (primary N) is 1. The fourth-order valence-electron chi connectivity index (χ4n) is 0.904. The highest BCUT2D eigenvalue weighted by Gasteiger charge is 2.35. The Hall–Kier alpha value is -1.47. The van der Waals surface area contributed by atoms with Crippen molar-refractivity contribution in [2.24, 2.45) is 0 Å². The minimum Gasteiger partial charge on any atom is -0.398 e. The number of nitrogens with zero attached hydrogens (tertiary/aromatic N) is 1. The van der Waals surface area contributed by atoms with E-state index in [0.29, 0.717) is 0 Å². The zero-order chi connectivity index (χ0) is 11.8. The van der Waals surface area contributed by atoms with Crippen LogP contribution in [0.3, 0.4) is 0 Å². The highest BCUT2D eigenvalue weighted by atomic mass is 19.4. The number of rotatable bonds is 1. The van der Waals surface area contributed by atoms with Crippen molar-refractivity contribution < 1.29 is 26.3 Å². The van der Waals surface area contributed by atoms with Crippen molar-refractivity contribution in [2.45, 2.75) is 12.6 Å². The third-order valence-corrected chi connectivity index (χ3v) is 1.55. The number of anilines is 1. The van der Waals surface area contributed by atoms with Gasteiger partial charge in [0.05, 0.1) is 5.56 Å². The minimum atomic E-state index is -4.92. The third kappa shape index (κ3) is 2.31. The maximum atomic E-state index is 12.7. The molecule has 8 heteroatoms. The molecule has 0 bridgehead atoms. The molecule has 0 aliphatic rings. The van der Waals surface area contributed by atoms with Crippen molar-refractivity contribution in [3.63, 3.8) is 0 Å². The van der Waals surface area contributed by atoms with Crippen molar-refractivity contribution in [3.8, 4) is 0 Å². The lowest BCUT2D eigenvalue weighted by atomic mass is 10.2. The number of aromatic nitrogens is 1. The number of halogens is 6. The molecule has 1 rings (SSSR count). The second kappa shape index (κ2) is 3.59. The van der Waals surface area contributed by atoms with Gasteiger partial charge in [0.15, 0.2) is 0 Å². The first-order chi connectivity index (χ1) is 6.73. The summed E-state index contributed by atoms with van der Waals surface area (Å²) in [6.07, 6.45) is -8.23. The molecule has 0 unspecified atom stereocenters. The summed E-state index contributed by atoms with van der Waals surface area (Å²) in [7, 11) is 0. The van der Waals surface area contributed by atoms with Crippen LogP contribution in [0.5, 0.6) is 0 Å². The van der Waals surface area contributed by atoms with Gasteiger partial charge in [-0.3, -0.25) is 0 Å². The van der Waals surface area contributed by atoms with Crippen LogP contribution >= 0.6 is 0 Å². The zero-order valence-corrected chi connectivity index (χ0v) is 6.95. The zero-order valence-electron chi connectivity index (χ0n) is 6.95. The van der Waals surface area contributed by atoms with Gasteiger partial charge >= 0.3 is 6.18 Å². The van der Waals surface area contributed by atoms with Gasteiger partial charge in [0, 0.05) is 5.69 Å². The summed E-state index contributed by atoms with van der Waals surface area (Å²) in [6, 6.07) is 0.171. The SMILES string of the molecule is Nc1cc(C(F)(F)F)nc(F)c1C(F)F. The third-order valence-electron chi connectivity index (χ3n) is 1.55. The van der Waals surface area contributed by atoms with E-state index < -0.39 is 35.5 Å². The van der Waals surface area contributed by atoms with Gasteiger partial charge in [0.25, 0.3) is 6.43 Å². The summed E-state index contributed by atoms with van der Waals surface area (Å²) in [6.45, 7) is 0. The van der Waals surface area contributed by atoms with Gasteiger partial charge in [-0.25, -0.2) is 13.8 Å². The van der Waals surface area contributed by atoms with Crippen LogP contribution in [0, 0.1) is 5.95 Å². The van der Waals surface area contributed by atoms with E-state index in [1.165, 1.54) is 0 Å². The lowest BCUT2D eigenvalue weighted by Gasteiger charge is -2.10. The van der Waals surface area contributed by atoms with E-state index in [1.54, 1.807) is 0 Å². The Kier molecular flexibility index (Phi) is 2.78. The number of hydrogen-bond acceptors (Lipinski definition) is 2. The fraction of sp³-hybridized carbons (Fsp3) is 0.286. The van der Waals surface area contributed by atoms with Gasteiger partial charge in [0.2, 0.25) is 5.95 Å². The molecular formula is C7H4F6N2. The monoisotopic (exact) mass is 230 g/mol. The molecule has 0 saturated carbocycles. The molecule has 0 radical (unpaired) electrons. The molecule has 0 spiro atoms. The fourth-order valence-corrected chi connectivity index (χ4v) is 0.904. The summed E-state index contributed by atoms with van der Waals surface area (Å²) in [5.74, 6) is -1.91. The van der Waals surface area contributed by atoms with Gasteiger partial charge in [-0.15, -0.1) is 0 Å². The molecular weight excluding hydrogens is 226 g/mol. The highest BCUT2D eigenvalue weighted by Crippen LogP contribution is 2.33. The van der Waals surface area contributed by atoms with Gasteiger partial charge in [-0.05, 0) is 6.07 Å². The molecule has 0 amide bonds. The summed E-state index contributed by atoms with van der Waals surface area (Å²) in [4.78, 5) is 2.37. The van der Waals surface area contributed by atoms with Gasteiger partial charge < -0.3 is 5.73 Å². The number of pyridine rings is 1. The van der Waals surface area contributed by atoms with Gasteiger partial charge in [0.1, 0.15) is 5.69 Å². The molecule has 2 nitrogen and oxygen atoms in total. The molecule has 1 aromatic rings. The molecule has 0 fully saturated rings. The second-order valence-electron chi connectivity index (χ2n) is 2.60. The van der Waals surface area contributed by atoms with Crippen molar-refractivity contribution in [2.75, 3.05) is 5.73 Å². The molecule has 0 aliphatic heterocycles. The average Bonchev–Trinajstić information content (AvgIpc) is 1.99. The molecule has 0 aromatic carbocycles. The molecule has 0 aliphatic carbocycles. The number of nitrogen functional groups attached to an aromatic ring is 1. The van der Waals surface area contributed by atoms with E-state index in [0.717, 1.165) is 0 Å². The topological polar surface area (TPSA) is 38.9 Å². The standard InChI is InChI=1S/C7H4F6N2/c8-5(9)4-2(14)1-3(7(11,12)13)15-6(4)10/h1,5H,(H2,14,15). The molecule has 1 heterocycles. The van der Waals surface area contributed by atoms with Crippen molar-refractivity contribution in [1.82, 2.24) is 4.98 Å². The maximum Gasteiger partial charge on any atom is 0.433 e. The smallest absolute Gasteiger partial charge is 0.398 e. The predicted molar refractivity (Wildman–Crippen MR) is 38.6 cm³/mol. The Bertz CT molecular complexity index is 349. The van der Waals surface area contributed by atoms with Crippen molar-refractivity contribution >= 4 is 5.69 Å². The van der Waals surface area contributed by atoms with Crippen LogP contribution in [0.1, 0.15) is 17.7 Å². The molecule has 0 saturated heterocycles. The predicted octanol–water partition coefficient (Wildman–Crippen LogP) is 2.76. The quantitative estimate of drug-likeness (QED) is 0.595. The Morgan fingerprint density at radius 2 is 1.80 bits per heavy atom. The summed E-state index contributed by atoms with van der Waals surface area (Å²) in [5, 5.41) is 0. The summed E-state index contributed by atoms with van der Waals surface area (Å²) in [5.41, 5.74) is 0.938. The molecule has 0 atom stereocenters. The first kappa shape index (κ1) is 11.6. The van der Waals surface area contributed by atoms with E-state index in [-0.39, 0.29) is 6.07 Å². The highest BCUT2D eigenvalue weighted by molar-refractivity contribution is 5.48. The summed E-state index contributed by atoms with van der Waals surface area (Å²) < 4.78 is 72.9. The van der Waals surface area contributed by atoms with E-state index in [2.05, 4.69) is 4.98 Å². The van der Waals surface area contributed by atoms with Crippen LogP contribution in [-0.4, -0.2) is 4.98 Å². The number of alkyl halides is 5. The van der Waals surface area contributed by atoms with Crippen LogP contribution < -0.4 is 5.73 Å². The normalized spacial score (nSPS) is 12.2. The van der Waals surface area contributed by atoms with Crippen LogP contribution in [0.4, 0.5) is 32.0 Å². The molecule has 84 valence electrons.